The SMILES string of the molecule is COc1ccc2c(c1)CCN(C1CCN(c3cc(OC(=O)O)ccn3)CC1)C(=O)N2. The molecular weight excluding hydrogens is 388 g/mol. The van der Waals surface area contributed by atoms with Crippen LogP contribution in [-0.4, -0.2) is 60.0 Å². The minimum atomic E-state index is -1.35. The molecule has 2 amide bonds. The molecule has 0 saturated carbocycles. The maximum absolute atomic E-state index is 12.8. The van der Waals surface area contributed by atoms with Gasteiger partial charge in [-0.1, -0.05) is 0 Å². The number of nitrogens with one attached hydrogen (secondary N) is 1. The zero-order valence-electron chi connectivity index (χ0n) is 16.7. The third-order valence-electron chi connectivity index (χ3n) is 5.59. The first-order chi connectivity index (χ1) is 14.5. The third-order valence-corrected chi connectivity index (χ3v) is 5.59. The van der Waals surface area contributed by atoms with Crippen molar-refractivity contribution in [3.05, 3.63) is 42.1 Å². The zero-order valence-corrected chi connectivity index (χ0v) is 16.7. The number of methoxy groups -OCH3 is 1. The van der Waals surface area contributed by atoms with Crippen molar-refractivity contribution in [1.29, 1.82) is 0 Å². The van der Waals surface area contributed by atoms with E-state index in [1.54, 1.807) is 13.2 Å². The monoisotopic (exact) mass is 412 g/mol. The summed E-state index contributed by atoms with van der Waals surface area (Å²) in [7, 11) is 1.63. The summed E-state index contributed by atoms with van der Waals surface area (Å²) in [4.78, 5) is 31.9. The lowest BCUT2D eigenvalue weighted by atomic mass is 10.0. The largest absolute Gasteiger partial charge is 0.511 e. The average Bonchev–Trinajstić information content (AvgIpc) is 2.91. The molecule has 3 heterocycles. The smallest absolute Gasteiger partial charge is 0.497 e. The Morgan fingerprint density at radius 3 is 2.70 bits per heavy atom. The van der Waals surface area contributed by atoms with E-state index in [4.69, 9.17) is 14.6 Å². The Kier molecular flexibility index (Phi) is 5.60. The van der Waals surface area contributed by atoms with Crippen molar-refractivity contribution in [1.82, 2.24) is 9.88 Å². The fourth-order valence-corrected chi connectivity index (χ4v) is 4.05. The van der Waals surface area contributed by atoms with Crippen LogP contribution < -0.4 is 19.7 Å². The van der Waals surface area contributed by atoms with Gasteiger partial charge in [-0.3, -0.25) is 0 Å². The highest BCUT2D eigenvalue weighted by Crippen LogP contribution is 2.29. The number of carbonyl (C=O) groups is 2. The van der Waals surface area contributed by atoms with Gasteiger partial charge in [0, 0.05) is 43.6 Å². The van der Waals surface area contributed by atoms with E-state index in [-0.39, 0.29) is 17.8 Å². The van der Waals surface area contributed by atoms with E-state index in [0.29, 0.717) is 12.4 Å². The average molecular weight is 412 g/mol. The first-order valence-electron chi connectivity index (χ1n) is 9.90. The fraction of sp³-hybridized carbons (Fsp3) is 0.381. The van der Waals surface area contributed by atoms with Crippen LogP contribution in [0.5, 0.6) is 11.5 Å². The predicted octanol–water partition coefficient (Wildman–Crippen LogP) is 3.21. The molecule has 9 nitrogen and oxygen atoms in total. The number of hydrogen-bond donors (Lipinski definition) is 2. The summed E-state index contributed by atoms with van der Waals surface area (Å²) in [6.07, 6.45) is 2.56. The normalized spacial score (nSPS) is 17.0. The molecule has 1 aromatic heterocycles. The molecule has 0 atom stereocenters. The number of benzene rings is 1. The zero-order chi connectivity index (χ0) is 21.1. The van der Waals surface area contributed by atoms with Gasteiger partial charge in [0.2, 0.25) is 0 Å². The molecule has 2 aromatic rings. The molecule has 0 aliphatic carbocycles. The molecule has 2 N–H and O–H groups in total. The first kappa shape index (κ1) is 19.8. The second-order valence-corrected chi connectivity index (χ2v) is 7.33. The number of anilines is 2. The van der Waals surface area contributed by atoms with Gasteiger partial charge in [-0.2, -0.15) is 0 Å². The highest BCUT2D eigenvalue weighted by Gasteiger charge is 2.30. The Morgan fingerprint density at radius 1 is 1.17 bits per heavy atom. The Balaban J connectivity index is 1.39. The van der Waals surface area contributed by atoms with E-state index >= 15 is 0 Å². The van der Waals surface area contributed by atoms with Gasteiger partial charge in [-0.25, -0.2) is 14.6 Å². The minimum Gasteiger partial charge on any atom is -0.497 e. The quantitative estimate of drug-likeness (QED) is 0.743. The number of ether oxygens (including phenoxy) is 2. The Bertz CT molecular complexity index is 943. The topological polar surface area (TPSA) is 104 Å². The van der Waals surface area contributed by atoms with Crippen LogP contribution in [0.1, 0.15) is 18.4 Å². The van der Waals surface area contributed by atoms with Crippen molar-refractivity contribution >= 4 is 23.7 Å². The number of rotatable bonds is 4. The fourth-order valence-electron chi connectivity index (χ4n) is 4.05. The molecule has 2 aliphatic heterocycles. The van der Waals surface area contributed by atoms with Gasteiger partial charge in [0.1, 0.15) is 17.3 Å². The van der Waals surface area contributed by atoms with Crippen LogP contribution in [0.3, 0.4) is 0 Å². The lowest BCUT2D eigenvalue weighted by Crippen LogP contribution is -2.49. The van der Waals surface area contributed by atoms with Gasteiger partial charge in [0.25, 0.3) is 0 Å². The highest BCUT2D eigenvalue weighted by atomic mass is 16.7. The Morgan fingerprint density at radius 2 is 1.97 bits per heavy atom. The molecule has 0 bridgehead atoms. The van der Waals surface area contributed by atoms with Crippen molar-refractivity contribution in [2.45, 2.75) is 25.3 Å². The van der Waals surface area contributed by atoms with Crippen LogP contribution in [0, 0.1) is 0 Å². The summed E-state index contributed by atoms with van der Waals surface area (Å²) in [6, 6.07) is 8.90. The summed E-state index contributed by atoms with van der Waals surface area (Å²) in [5.74, 6) is 1.70. The molecular formula is C21H24N4O5. The summed E-state index contributed by atoms with van der Waals surface area (Å²) in [5.41, 5.74) is 1.90. The Labute approximate surface area is 174 Å². The number of fused-ring (bicyclic) bond motifs is 1. The van der Waals surface area contributed by atoms with Crippen LogP contribution in [0.2, 0.25) is 0 Å². The molecule has 0 spiro atoms. The second kappa shape index (κ2) is 8.48. The van der Waals surface area contributed by atoms with E-state index in [1.807, 2.05) is 23.1 Å². The lowest BCUT2D eigenvalue weighted by Gasteiger charge is -2.38. The van der Waals surface area contributed by atoms with Crippen LogP contribution >= 0.6 is 0 Å². The van der Waals surface area contributed by atoms with E-state index in [1.165, 1.54) is 12.3 Å². The lowest BCUT2D eigenvalue weighted by molar-refractivity contribution is 0.144. The molecule has 0 radical (unpaired) electrons. The van der Waals surface area contributed by atoms with Gasteiger partial charge >= 0.3 is 12.2 Å². The number of nitrogens with zero attached hydrogens (tertiary/aromatic N) is 3. The van der Waals surface area contributed by atoms with Gasteiger partial charge in [-0.05, 0) is 49.1 Å². The number of carboxylic acid groups (broad SMARTS) is 1. The molecule has 1 saturated heterocycles. The standard InChI is InChI=1S/C21H24N4O5/c1-29-16-2-3-18-14(12-16)5-11-25(20(26)23-18)15-6-9-24(10-7-15)19-13-17(4-8-22-19)30-21(27)28/h2-4,8,12-13,15H,5-7,9-11H2,1H3,(H,23,26)(H,27,28). The number of carbonyl (C=O) groups excluding carboxylic acids is 1. The van der Waals surface area contributed by atoms with Crippen LogP contribution in [0.4, 0.5) is 21.1 Å². The van der Waals surface area contributed by atoms with Crippen molar-refractivity contribution in [3.8, 4) is 11.5 Å². The van der Waals surface area contributed by atoms with Crippen molar-refractivity contribution in [2.75, 3.05) is 37.0 Å². The molecule has 158 valence electrons. The summed E-state index contributed by atoms with van der Waals surface area (Å²) in [5, 5.41) is 11.8. The summed E-state index contributed by atoms with van der Waals surface area (Å²) in [6.45, 7) is 2.09. The molecule has 0 unspecified atom stereocenters. The van der Waals surface area contributed by atoms with E-state index in [0.717, 1.165) is 49.4 Å². The minimum absolute atomic E-state index is 0.0765. The van der Waals surface area contributed by atoms with Crippen molar-refractivity contribution in [3.63, 3.8) is 0 Å². The molecule has 9 heteroatoms. The maximum Gasteiger partial charge on any atom is 0.511 e. The third kappa shape index (κ3) is 4.24. The van der Waals surface area contributed by atoms with Gasteiger partial charge in [0.05, 0.1) is 7.11 Å². The van der Waals surface area contributed by atoms with Crippen molar-refractivity contribution in [2.24, 2.45) is 0 Å². The predicted molar refractivity (Wildman–Crippen MR) is 111 cm³/mol. The number of amides is 2. The van der Waals surface area contributed by atoms with Crippen LogP contribution in [-0.2, 0) is 6.42 Å². The molecule has 1 fully saturated rings. The Hall–Kier alpha value is -3.49. The number of piperidine rings is 1. The van der Waals surface area contributed by atoms with Gasteiger partial charge < -0.3 is 29.7 Å². The first-order valence-corrected chi connectivity index (χ1v) is 9.90. The molecule has 30 heavy (non-hydrogen) atoms. The summed E-state index contributed by atoms with van der Waals surface area (Å²) >= 11 is 0. The molecule has 2 aliphatic rings. The van der Waals surface area contributed by atoms with Crippen LogP contribution in [0.15, 0.2) is 36.5 Å². The summed E-state index contributed by atoms with van der Waals surface area (Å²) < 4.78 is 10.0. The van der Waals surface area contributed by atoms with Crippen LogP contribution in [0.25, 0.3) is 0 Å². The number of pyridine rings is 1. The van der Waals surface area contributed by atoms with E-state index in [2.05, 4.69) is 15.2 Å². The van der Waals surface area contributed by atoms with E-state index in [9.17, 15) is 9.59 Å². The molecule has 4 rings (SSSR count). The van der Waals surface area contributed by atoms with E-state index < -0.39 is 6.16 Å². The van der Waals surface area contributed by atoms with Crippen molar-refractivity contribution < 1.29 is 24.2 Å². The number of hydrogen-bond acceptors (Lipinski definition) is 6. The van der Waals surface area contributed by atoms with Gasteiger partial charge in [-0.15, -0.1) is 0 Å². The second-order valence-electron chi connectivity index (χ2n) is 7.33. The number of urea groups is 1. The number of aromatic nitrogens is 1. The molecule has 1 aromatic carbocycles. The van der Waals surface area contributed by atoms with Gasteiger partial charge in [0.15, 0.2) is 0 Å². The highest BCUT2D eigenvalue weighted by molar-refractivity contribution is 5.91. The maximum atomic E-state index is 12.8.